The molecule has 0 aliphatic carbocycles. The molecule has 0 saturated carbocycles. The largest absolute Gasteiger partial charge is 1.00 e. The van der Waals surface area contributed by atoms with E-state index in [9.17, 15) is 5.11 Å². The number of hydrogen-bond acceptors (Lipinski definition) is 3. The molecule has 2 atom stereocenters. The molecule has 2 aliphatic heterocycles. The maximum atomic E-state index is 11.4. The summed E-state index contributed by atoms with van der Waals surface area (Å²) in [7, 11) is 0. The van der Waals surface area contributed by atoms with Crippen LogP contribution in [0.2, 0.25) is 0 Å². The van der Waals surface area contributed by atoms with Gasteiger partial charge >= 0.3 is 18.9 Å². The van der Waals surface area contributed by atoms with Crippen molar-refractivity contribution in [1.29, 1.82) is 0 Å². The first-order valence-electron chi connectivity index (χ1n) is 4.47. The number of fused-ring (bicyclic) bond motifs is 1. The Bertz CT molecular complexity index is 218. The zero-order valence-corrected chi connectivity index (χ0v) is 8.49. The summed E-state index contributed by atoms with van der Waals surface area (Å²) >= 11 is 0. The number of hydrogen-bond donors (Lipinski definition) is 0. The van der Waals surface area contributed by atoms with Crippen LogP contribution < -0.4 is 24.0 Å². The third-order valence-electron chi connectivity index (χ3n) is 2.65. The molecule has 68 valence electrons. The molecule has 0 unspecified atom stereocenters. The third-order valence-corrected chi connectivity index (χ3v) is 2.65. The van der Waals surface area contributed by atoms with E-state index in [1.807, 2.05) is 4.90 Å². The first-order valence-corrected chi connectivity index (χ1v) is 4.47. The number of nitrogens with zero attached hydrogens (tertiary/aromatic N) is 1. The molecule has 0 radical (unpaired) electrons. The van der Waals surface area contributed by atoms with Crippen LogP contribution in [0, 0.1) is 5.92 Å². The van der Waals surface area contributed by atoms with Crippen LogP contribution in [0.25, 0.3) is 0 Å². The first kappa shape index (κ1) is 11.0. The Kier molecular flexibility index (Phi) is 3.34. The van der Waals surface area contributed by atoms with Gasteiger partial charge in [-0.3, -0.25) is 0 Å². The van der Waals surface area contributed by atoms with Crippen LogP contribution in [0.3, 0.4) is 0 Å². The molecule has 1 fully saturated rings. The summed E-state index contributed by atoms with van der Waals surface area (Å²) < 4.78 is 5.50. The van der Waals surface area contributed by atoms with Gasteiger partial charge in [-0.05, 0) is 11.8 Å². The van der Waals surface area contributed by atoms with E-state index in [0.29, 0.717) is 18.6 Å². The first-order chi connectivity index (χ1) is 5.70. The monoisotopic (exact) mass is 175 g/mol. The molecule has 3 nitrogen and oxygen atoms in total. The topological polar surface area (TPSA) is 35.5 Å². The maximum absolute atomic E-state index is 11.4. The zero-order valence-electron chi connectivity index (χ0n) is 8.49. The second-order valence-corrected chi connectivity index (χ2v) is 3.78. The second-order valence-electron chi connectivity index (χ2n) is 3.78. The molecule has 0 spiro atoms. The van der Waals surface area contributed by atoms with Crippen molar-refractivity contribution in [3.63, 3.8) is 0 Å². The van der Waals surface area contributed by atoms with E-state index in [1.165, 1.54) is 0 Å². The summed E-state index contributed by atoms with van der Waals surface area (Å²) in [5.74, 6) is 0.640. The average molecular weight is 175 g/mol. The van der Waals surface area contributed by atoms with Gasteiger partial charge in [0.2, 0.25) is 0 Å². The van der Waals surface area contributed by atoms with Crippen molar-refractivity contribution in [1.82, 2.24) is 4.90 Å². The molecule has 0 aromatic heterocycles. The van der Waals surface area contributed by atoms with Crippen molar-refractivity contribution >= 4 is 0 Å². The molecule has 4 heteroatoms. The zero-order chi connectivity index (χ0) is 8.72. The Labute approximate surface area is 90.9 Å². The minimum atomic E-state index is 0. The maximum Gasteiger partial charge on any atom is 1.00 e. The van der Waals surface area contributed by atoms with E-state index in [2.05, 4.69) is 13.8 Å². The SMILES string of the molecule is CC(C)[C@H]1CO[C@@H]2CC=C([O-])N12.[Li+]. The number of ether oxygens (including phenoxy) is 1. The van der Waals surface area contributed by atoms with Gasteiger partial charge in [0.05, 0.1) is 12.6 Å². The van der Waals surface area contributed by atoms with E-state index in [1.54, 1.807) is 6.08 Å². The van der Waals surface area contributed by atoms with E-state index in [4.69, 9.17) is 4.74 Å². The predicted octanol–water partition coefficient (Wildman–Crippen LogP) is -2.72. The van der Waals surface area contributed by atoms with Gasteiger partial charge in [0.25, 0.3) is 0 Å². The van der Waals surface area contributed by atoms with Gasteiger partial charge in [-0.2, -0.15) is 0 Å². The van der Waals surface area contributed by atoms with Crippen molar-refractivity contribution in [3.8, 4) is 0 Å². The summed E-state index contributed by atoms with van der Waals surface area (Å²) in [4.78, 5) is 1.88. The molecule has 2 heterocycles. The second kappa shape index (κ2) is 3.96. The summed E-state index contributed by atoms with van der Waals surface area (Å²) in [5, 5.41) is 11.4. The molecular weight excluding hydrogens is 161 g/mol. The molecule has 2 aliphatic rings. The molecule has 1 saturated heterocycles. The van der Waals surface area contributed by atoms with Gasteiger partial charge in [0.1, 0.15) is 6.23 Å². The molecule has 0 aromatic carbocycles. The summed E-state index contributed by atoms with van der Waals surface area (Å²) in [6.07, 6.45) is 2.53. The molecule has 0 aromatic rings. The minimum Gasteiger partial charge on any atom is -0.860 e. The quantitative estimate of drug-likeness (QED) is 0.406. The van der Waals surface area contributed by atoms with Crippen molar-refractivity contribution in [3.05, 3.63) is 12.0 Å². The molecule has 2 rings (SSSR count). The van der Waals surface area contributed by atoms with Gasteiger partial charge in [-0.15, -0.1) is 0 Å². The minimum absolute atomic E-state index is 0. The van der Waals surface area contributed by atoms with E-state index >= 15 is 0 Å². The fourth-order valence-electron chi connectivity index (χ4n) is 1.89. The molecule has 0 bridgehead atoms. The van der Waals surface area contributed by atoms with Gasteiger partial charge < -0.3 is 14.7 Å². The molecule has 0 N–H and O–H groups in total. The van der Waals surface area contributed by atoms with Crippen LogP contribution in [-0.4, -0.2) is 23.8 Å². The average Bonchev–Trinajstić information content (AvgIpc) is 2.53. The van der Waals surface area contributed by atoms with Gasteiger partial charge in [0, 0.05) is 6.42 Å². The van der Waals surface area contributed by atoms with Crippen LogP contribution in [0.5, 0.6) is 0 Å². The standard InChI is InChI=1S/C9H15NO2.Li/c1-6(2)7-5-12-9-4-3-8(11)10(7)9;/h3,6-7,9,11H,4-5H2,1-2H3;/q;+1/p-1/t7-,9-;/m1./s1. The van der Waals surface area contributed by atoms with E-state index < -0.39 is 0 Å². The Hall–Kier alpha value is -0.103. The third kappa shape index (κ3) is 1.74. The van der Waals surface area contributed by atoms with E-state index in [-0.39, 0.29) is 31.0 Å². The Morgan fingerprint density at radius 3 is 2.92 bits per heavy atom. The fourth-order valence-corrected chi connectivity index (χ4v) is 1.89. The Morgan fingerprint density at radius 1 is 1.62 bits per heavy atom. The normalized spacial score (nSPS) is 31.6. The predicted molar refractivity (Wildman–Crippen MR) is 42.9 cm³/mol. The van der Waals surface area contributed by atoms with Crippen molar-refractivity contribution < 1.29 is 28.7 Å². The van der Waals surface area contributed by atoms with E-state index in [0.717, 1.165) is 6.42 Å². The van der Waals surface area contributed by atoms with Crippen molar-refractivity contribution in [2.24, 2.45) is 5.92 Å². The smallest absolute Gasteiger partial charge is 0.860 e. The van der Waals surface area contributed by atoms with Crippen molar-refractivity contribution in [2.45, 2.75) is 32.5 Å². The molecule has 0 amide bonds. The van der Waals surface area contributed by atoms with Gasteiger partial charge in [-0.25, -0.2) is 0 Å². The Balaban J connectivity index is 0.000000845. The molecule has 13 heavy (non-hydrogen) atoms. The van der Waals surface area contributed by atoms with Crippen LogP contribution in [-0.2, 0) is 4.74 Å². The van der Waals surface area contributed by atoms with Gasteiger partial charge in [-0.1, -0.05) is 19.9 Å². The van der Waals surface area contributed by atoms with Crippen LogP contribution in [0.1, 0.15) is 20.3 Å². The fraction of sp³-hybridized carbons (Fsp3) is 0.778. The van der Waals surface area contributed by atoms with Crippen LogP contribution in [0.4, 0.5) is 0 Å². The van der Waals surface area contributed by atoms with Crippen LogP contribution in [0.15, 0.2) is 12.0 Å². The van der Waals surface area contributed by atoms with Crippen molar-refractivity contribution in [2.75, 3.05) is 6.61 Å². The Morgan fingerprint density at radius 2 is 2.31 bits per heavy atom. The summed E-state index contributed by atoms with van der Waals surface area (Å²) in [5.41, 5.74) is 0. The number of rotatable bonds is 1. The van der Waals surface area contributed by atoms with Crippen LogP contribution >= 0.6 is 0 Å². The van der Waals surface area contributed by atoms with Gasteiger partial charge in [0.15, 0.2) is 0 Å². The summed E-state index contributed by atoms with van der Waals surface area (Å²) in [6, 6.07) is 0.293. The summed E-state index contributed by atoms with van der Waals surface area (Å²) in [6.45, 7) is 4.96. The molecular formula is C9H14LiNO2.